The third-order valence-corrected chi connectivity index (χ3v) is 2.95. The Kier molecular flexibility index (Phi) is 4.44. The summed E-state index contributed by atoms with van der Waals surface area (Å²) in [7, 11) is 1.54. The van der Waals surface area contributed by atoms with Crippen LogP contribution in [0.1, 0.15) is 20.8 Å². The van der Waals surface area contributed by atoms with E-state index in [9.17, 15) is 4.79 Å². The molecule has 3 nitrogen and oxygen atoms in total. The average Bonchev–Trinajstić information content (AvgIpc) is 2.15. The van der Waals surface area contributed by atoms with Crippen molar-refractivity contribution in [3.05, 3.63) is 21.6 Å². The average molecular weight is 321 g/mol. The summed E-state index contributed by atoms with van der Waals surface area (Å²) < 4.78 is 5.93. The van der Waals surface area contributed by atoms with Gasteiger partial charge in [0.05, 0.1) is 17.3 Å². The zero-order valence-electron chi connectivity index (χ0n) is 10.2. The molecule has 0 saturated carbocycles. The van der Waals surface area contributed by atoms with Gasteiger partial charge in [-0.05, 0) is 28.1 Å². The van der Waals surface area contributed by atoms with E-state index in [0.717, 1.165) is 0 Å². The normalized spacial score (nSPS) is 11.2. The van der Waals surface area contributed by atoms with Crippen LogP contribution in [-0.4, -0.2) is 13.0 Å². The minimum Gasteiger partial charge on any atom is -0.493 e. The lowest BCUT2D eigenvalue weighted by Crippen LogP contribution is -2.27. The van der Waals surface area contributed by atoms with E-state index in [0.29, 0.717) is 20.9 Å². The predicted octanol–water partition coefficient (Wildman–Crippen LogP) is 4.10. The summed E-state index contributed by atoms with van der Waals surface area (Å²) in [4.78, 5) is 11.9. The molecule has 0 saturated heterocycles. The number of hydrogen-bond donors (Lipinski definition) is 1. The number of halogens is 2. The Morgan fingerprint density at radius 2 is 2.00 bits per heavy atom. The summed E-state index contributed by atoms with van der Waals surface area (Å²) in [5.74, 6) is 0.469. The van der Waals surface area contributed by atoms with Crippen molar-refractivity contribution in [3.63, 3.8) is 0 Å². The first-order valence-corrected chi connectivity index (χ1v) is 6.27. The number of carbonyl (C=O) groups excluding carboxylic acids is 1. The van der Waals surface area contributed by atoms with E-state index in [1.54, 1.807) is 19.2 Å². The molecule has 94 valence electrons. The quantitative estimate of drug-likeness (QED) is 0.891. The SMILES string of the molecule is COc1c(Br)cc(Cl)cc1NC(=O)C(C)(C)C. The molecule has 0 aromatic heterocycles. The van der Waals surface area contributed by atoms with Crippen LogP contribution in [0.3, 0.4) is 0 Å². The molecule has 0 heterocycles. The van der Waals surface area contributed by atoms with E-state index >= 15 is 0 Å². The first-order chi connectivity index (χ1) is 7.75. The van der Waals surface area contributed by atoms with Gasteiger partial charge < -0.3 is 10.1 Å². The van der Waals surface area contributed by atoms with Crippen LogP contribution in [-0.2, 0) is 4.79 Å². The van der Waals surface area contributed by atoms with Gasteiger partial charge in [-0.15, -0.1) is 0 Å². The monoisotopic (exact) mass is 319 g/mol. The maximum absolute atomic E-state index is 11.9. The topological polar surface area (TPSA) is 38.3 Å². The Balaban J connectivity index is 3.10. The molecule has 1 amide bonds. The molecule has 0 radical (unpaired) electrons. The van der Waals surface area contributed by atoms with Gasteiger partial charge in [0.25, 0.3) is 0 Å². The second-order valence-electron chi connectivity index (χ2n) is 4.67. The van der Waals surface area contributed by atoms with Gasteiger partial charge in [0.2, 0.25) is 5.91 Å². The Morgan fingerprint density at radius 3 is 2.47 bits per heavy atom. The molecule has 17 heavy (non-hydrogen) atoms. The first-order valence-electron chi connectivity index (χ1n) is 5.10. The maximum Gasteiger partial charge on any atom is 0.229 e. The van der Waals surface area contributed by atoms with Gasteiger partial charge in [-0.1, -0.05) is 32.4 Å². The molecule has 0 aliphatic rings. The number of amides is 1. The lowest BCUT2D eigenvalue weighted by atomic mass is 9.95. The summed E-state index contributed by atoms with van der Waals surface area (Å²) >= 11 is 9.28. The molecule has 1 aromatic carbocycles. The molecule has 1 aromatic rings. The molecule has 1 rings (SSSR count). The second kappa shape index (κ2) is 5.27. The number of nitrogens with one attached hydrogen (secondary N) is 1. The molecular weight excluding hydrogens is 305 g/mol. The smallest absolute Gasteiger partial charge is 0.229 e. The van der Waals surface area contributed by atoms with Gasteiger partial charge in [-0.25, -0.2) is 0 Å². The number of hydrogen-bond acceptors (Lipinski definition) is 2. The molecule has 0 unspecified atom stereocenters. The van der Waals surface area contributed by atoms with Crippen LogP contribution < -0.4 is 10.1 Å². The minimum atomic E-state index is -0.472. The van der Waals surface area contributed by atoms with E-state index in [1.807, 2.05) is 20.8 Å². The van der Waals surface area contributed by atoms with Crippen LogP contribution in [0.15, 0.2) is 16.6 Å². The highest BCUT2D eigenvalue weighted by molar-refractivity contribution is 9.10. The number of carbonyl (C=O) groups is 1. The number of anilines is 1. The van der Waals surface area contributed by atoms with Gasteiger partial charge in [-0.2, -0.15) is 0 Å². The third kappa shape index (κ3) is 3.61. The lowest BCUT2D eigenvalue weighted by molar-refractivity contribution is -0.123. The Hall–Kier alpha value is -0.740. The number of benzene rings is 1. The van der Waals surface area contributed by atoms with Gasteiger partial charge in [0, 0.05) is 10.4 Å². The molecule has 5 heteroatoms. The zero-order chi connectivity index (χ0) is 13.2. The van der Waals surface area contributed by atoms with Crippen molar-refractivity contribution in [3.8, 4) is 5.75 Å². The molecule has 0 atom stereocenters. The van der Waals surface area contributed by atoms with E-state index in [1.165, 1.54) is 0 Å². The van der Waals surface area contributed by atoms with Crippen molar-refractivity contribution in [1.29, 1.82) is 0 Å². The molecular formula is C12H15BrClNO2. The Labute approximate surface area is 115 Å². The predicted molar refractivity (Wildman–Crippen MR) is 73.8 cm³/mol. The largest absolute Gasteiger partial charge is 0.493 e. The summed E-state index contributed by atoms with van der Waals surface area (Å²) in [6, 6.07) is 3.38. The first kappa shape index (κ1) is 14.3. The highest BCUT2D eigenvalue weighted by Crippen LogP contribution is 2.36. The Morgan fingerprint density at radius 1 is 1.41 bits per heavy atom. The van der Waals surface area contributed by atoms with Gasteiger partial charge >= 0.3 is 0 Å². The van der Waals surface area contributed by atoms with Crippen molar-refractivity contribution in [2.45, 2.75) is 20.8 Å². The van der Waals surface area contributed by atoms with Crippen LogP contribution in [0.25, 0.3) is 0 Å². The summed E-state index contributed by atoms with van der Waals surface area (Å²) in [6.07, 6.45) is 0. The molecule has 0 aliphatic heterocycles. The number of methoxy groups -OCH3 is 1. The highest BCUT2D eigenvalue weighted by Gasteiger charge is 2.23. The van der Waals surface area contributed by atoms with Gasteiger partial charge in [0.1, 0.15) is 0 Å². The summed E-state index contributed by atoms with van der Waals surface area (Å²) in [5.41, 5.74) is 0.0894. The van der Waals surface area contributed by atoms with Crippen LogP contribution >= 0.6 is 27.5 Å². The third-order valence-electron chi connectivity index (χ3n) is 2.14. The Bertz CT molecular complexity index is 441. The fraction of sp³-hybridized carbons (Fsp3) is 0.417. The van der Waals surface area contributed by atoms with Gasteiger partial charge in [0.15, 0.2) is 5.75 Å². The van der Waals surface area contributed by atoms with Crippen LogP contribution in [0.5, 0.6) is 5.75 Å². The fourth-order valence-electron chi connectivity index (χ4n) is 1.17. The van der Waals surface area contributed by atoms with E-state index < -0.39 is 5.41 Å². The van der Waals surface area contributed by atoms with Crippen molar-refractivity contribution in [2.24, 2.45) is 5.41 Å². The van der Waals surface area contributed by atoms with Crippen LogP contribution in [0.4, 0.5) is 5.69 Å². The van der Waals surface area contributed by atoms with E-state index in [4.69, 9.17) is 16.3 Å². The van der Waals surface area contributed by atoms with Crippen molar-refractivity contribution >= 4 is 39.1 Å². The maximum atomic E-state index is 11.9. The lowest BCUT2D eigenvalue weighted by Gasteiger charge is -2.19. The number of rotatable bonds is 2. The van der Waals surface area contributed by atoms with E-state index in [-0.39, 0.29) is 5.91 Å². The standard InChI is InChI=1S/C12H15BrClNO2/c1-12(2,3)11(16)15-9-6-7(14)5-8(13)10(9)17-4/h5-6H,1-4H3,(H,15,16). The highest BCUT2D eigenvalue weighted by atomic mass is 79.9. The molecule has 0 aliphatic carbocycles. The molecule has 0 spiro atoms. The van der Waals surface area contributed by atoms with Crippen molar-refractivity contribution < 1.29 is 9.53 Å². The summed E-state index contributed by atoms with van der Waals surface area (Å²) in [6.45, 7) is 5.53. The van der Waals surface area contributed by atoms with Gasteiger partial charge in [-0.3, -0.25) is 4.79 Å². The van der Waals surface area contributed by atoms with Crippen molar-refractivity contribution in [2.75, 3.05) is 12.4 Å². The number of ether oxygens (including phenoxy) is 1. The molecule has 0 bridgehead atoms. The molecule has 0 fully saturated rings. The fourth-order valence-corrected chi connectivity index (χ4v) is 2.14. The summed E-state index contributed by atoms with van der Waals surface area (Å²) in [5, 5.41) is 3.33. The van der Waals surface area contributed by atoms with Crippen LogP contribution in [0, 0.1) is 5.41 Å². The van der Waals surface area contributed by atoms with Crippen LogP contribution in [0.2, 0.25) is 5.02 Å². The zero-order valence-corrected chi connectivity index (χ0v) is 12.6. The molecule has 1 N–H and O–H groups in total. The van der Waals surface area contributed by atoms with Crippen molar-refractivity contribution in [1.82, 2.24) is 0 Å². The van der Waals surface area contributed by atoms with E-state index in [2.05, 4.69) is 21.2 Å². The minimum absolute atomic E-state index is 0.0926. The second-order valence-corrected chi connectivity index (χ2v) is 5.96.